The van der Waals surface area contributed by atoms with Crippen LogP contribution in [-0.2, 0) is 0 Å². The lowest BCUT2D eigenvalue weighted by atomic mass is 9.97. The third-order valence-corrected chi connectivity index (χ3v) is 3.95. The highest BCUT2D eigenvalue weighted by molar-refractivity contribution is 4.99. The molecule has 0 aromatic rings. The van der Waals surface area contributed by atoms with Gasteiger partial charge < -0.3 is 0 Å². The number of rotatable bonds is 12. The lowest BCUT2D eigenvalue weighted by Crippen LogP contribution is -1.95. The Morgan fingerprint density at radius 1 is 0.684 bits per heavy atom. The average Bonchev–Trinajstić information content (AvgIpc) is 2.43. The van der Waals surface area contributed by atoms with E-state index in [0.717, 1.165) is 18.8 Å². The van der Waals surface area contributed by atoms with Crippen molar-refractivity contribution in [3.8, 4) is 11.8 Å². The molecule has 1 atom stereocenters. The van der Waals surface area contributed by atoms with E-state index in [1.807, 2.05) is 0 Å². The standard InChI is InChI=1S/C19H36/c1-4-7-8-9-10-11-12-13-14-15-16-18-19(6-3)17-5-2/h19H,4-14,17-18H2,1-3H3. The molecule has 0 heterocycles. The first kappa shape index (κ1) is 18.6. The largest absolute Gasteiger partial charge is 0.103 e. The van der Waals surface area contributed by atoms with Gasteiger partial charge in [0, 0.05) is 12.8 Å². The van der Waals surface area contributed by atoms with Crippen LogP contribution in [0.4, 0.5) is 0 Å². The van der Waals surface area contributed by atoms with Crippen LogP contribution in [0.3, 0.4) is 0 Å². The van der Waals surface area contributed by atoms with E-state index in [4.69, 9.17) is 0 Å². The summed E-state index contributed by atoms with van der Waals surface area (Å²) in [5.74, 6) is 7.60. The average molecular weight is 264 g/mol. The summed E-state index contributed by atoms with van der Waals surface area (Å²) in [7, 11) is 0. The van der Waals surface area contributed by atoms with Gasteiger partial charge in [0.05, 0.1) is 0 Å². The second-order valence-electron chi connectivity index (χ2n) is 5.85. The molecule has 0 saturated heterocycles. The fourth-order valence-electron chi connectivity index (χ4n) is 2.51. The minimum absolute atomic E-state index is 0.844. The molecule has 0 nitrogen and oxygen atoms in total. The zero-order valence-corrected chi connectivity index (χ0v) is 13.8. The monoisotopic (exact) mass is 264 g/mol. The van der Waals surface area contributed by atoms with Crippen LogP contribution < -0.4 is 0 Å². The second kappa shape index (κ2) is 15.6. The molecule has 0 aliphatic rings. The highest BCUT2D eigenvalue weighted by atomic mass is 14.1. The molecule has 0 spiro atoms. The van der Waals surface area contributed by atoms with Crippen LogP contribution in [0.15, 0.2) is 0 Å². The maximum absolute atomic E-state index is 3.39. The molecule has 1 unspecified atom stereocenters. The van der Waals surface area contributed by atoms with Crippen molar-refractivity contribution >= 4 is 0 Å². The van der Waals surface area contributed by atoms with Gasteiger partial charge in [-0.05, 0) is 18.8 Å². The Kier molecular flexibility index (Phi) is 15.3. The number of hydrogen-bond acceptors (Lipinski definition) is 0. The molecule has 0 bridgehead atoms. The molecule has 19 heavy (non-hydrogen) atoms. The lowest BCUT2D eigenvalue weighted by molar-refractivity contribution is 0.476. The van der Waals surface area contributed by atoms with E-state index in [2.05, 4.69) is 32.6 Å². The minimum atomic E-state index is 0.844. The molecular formula is C19H36. The Morgan fingerprint density at radius 3 is 1.89 bits per heavy atom. The van der Waals surface area contributed by atoms with Gasteiger partial charge in [0.15, 0.2) is 0 Å². The molecule has 0 aromatic heterocycles. The van der Waals surface area contributed by atoms with Crippen molar-refractivity contribution in [3.63, 3.8) is 0 Å². The maximum Gasteiger partial charge on any atom is 0.0117 e. The van der Waals surface area contributed by atoms with Gasteiger partial charge in [0.2, 0.25) is 0 Å². The summed E-state index contributed by atoms with van der Waals surface area (Å²) >= 11 is 0. The van der Waals surface area contributed by atoms with Gasteiger partial charge in [0.25, 0.3) is 0 Å². The minimum Gasteiger partial charge on any atom is -0.103 e. The van der Waals surface area contributed by atoms with Crippen molar-refractivity contribution in [2.45, 2.75) is 104 Å². The Bertz CT molecular complexity index is 218. The van der Waals surface area contributed by atoms with E-state index in [1.54, 1.807) is 0 Å². The normalized spacial score (nSPS) is 11.9. The zero-order chi connectivity index (χ0) is 14.2. The van der Waals surface area contributed by atoms with E-state index in [9.17, 15) is 0 Å². The van der Waals surface area contributed by atoms with Gasteiger partial charge in [-0.15, -0.1) is 11.8 Å². The molecule has 0 rings (SSSR count). The SMILES string of the molecule is CCCCCCCCCCC#CCC(CC)CCC. The van der Waals surface area contributed by atoms with Crippen LogP contribution in [0, 0.1) is 17.8 Å². The third-order valence-electron chi connectivity index (χ3n) is 3.95. The quantitative estimate of drug-likeness (QED) is 0.270. The predicted molar refractivity (Wildman–Crippen MR) is 88.3 cm³/mol. The molecule has 0 radical (unpaired) electrons. The lowest BCUT2D eigenvalue weighted by Gasteiger charge is -2.08. The molecule has 0 amide bonds. The maximum atomic E-state index is 3.39. The fraction of sp³-hybridized carbons (Fsp3) is 0.895. The fourth-order valence-corrected chi connectivity index (χ4v) is 2.51. The second-order valence-corrected chi connectivity index (χ2v) is 5.85. The van der Waals surface area contributed by atoms with Crippen LogP contribution in [-0.4, -0.2) is 0 Å². The molecule has 0 aliphatic heterocycles. The Balaban J connectivity index is 3.29. The van der Waals surface area contributed by atoms with Crippen molar-refractivity contribution in [2.24, 2.45) is 5.92 Å². The summed E-state index contributed by atoms with van der Waals surface area (Å²) in [5.41, 5.74) is 0. The van der Waals surface area contributed by atoms with E-state index >= 15 is 0 Å². The molecule has 0 heteroatoms. The van der Waals surface area contributed by atoms with Crippen molar-refractivity contribution < 1.29 is 0 Å². The smallest absolute Gasteiger partial charge is 0.0117 e. The van der Waals surface area contributed by atoms with Crippen LogP contribution in [0.1, 0.15) is 104 Å². The zero-order valence-electron chi connectivity index (χ0n) is 13.8. The molecule has 0 fully saturated rings. The molecule has 0 aromatic carbocycles. The third kappa shape index (κ3) is 13.8. The first-order chi connectivity index (χ1) is 9.35. The van der Waals surface area contributed by atoms with Crippen molar-refractivity contribution in [1.82, 2.24) is 0 Å². The van der Waals surface area contributed by atoms with Crippen LogP contribution >= 0.6 is 0 Å². The van der Waals surface area contributed by atoms with Gasteiger partial charge in [-0.1, -0.05) is 78.6 Å². The predicted octanol–water partition coefficient (Wildman–Crippen LogP) is 6.74. The van der Waals surface area contributed by atoms with E-state index in [0.29, 0.717) is 0 Å². The summed E-state index contributed by atoms with van der Waals surface area (Å²) in [6.07, 6.45) is 17.4. The highest BCUT2D eigenvalue weighted by Gasteiger charge is 2.01. The Morgan fingerprint density at radius 2 is 1.32 bits per heavy atom. The number of hydrogen-bond donors (Lipinski definition) is 0. The van der Waals surface area contributed by atoms with Gasteiger partial charge in [-0.25, -0.2) is 0 Å². The van der Waals surface area contributed by atoms with Crippen molar-refractivity contribution in [1.29, 1.82) is 0 Å². The van der Waals surface area contributed by atoms with Gasteiger partial charge in [0.1, 0.15) is 0 Å². The van der Waals surface area contributed by atoms with Gasteiger partial charge in [-0.2, -0.15) is 0 Å². The molecule has 0 aliphatic carbocycles. The van der Waals surface area contributed by atoms with Gasteiger partial charge in [-0.3, -0.25) is 0 Å². The summed E-state index contributed by atoms with van der Waals surface area (Å²) in [6, 6.07) is 0. The molecule has 0 saturated carbocycles. The first-order valence-corrected chi connectivity index (χ1v) is 8.80. The van der Waals surface area contributed by atoms with Crippen LogP contribution in [0.25, 0.3) is 0 Å². The van der Waals surface area contributed by atoms with Crippen molar-refractivity contribution in [2.75, 3.05) is 0 Å². The topological polar surface area (TPSA) is 0 Å². The molecule has 112 valence electrons. The van der Waals surface area contributed by atoms with E-state index in [1.165, 1.54) is 70.6 Å². The summed E-state index contributed by atoms with van der Waals surface area (Å²) < 4.78 is 0. The molecule has 0 N–H and O–H groups in total. The number of unbranched alkanes of at least 4 members (excludes halogenated alkanes) is 8. The Hall–Kier alpha value is -0.440. The van der Waals surface area contributed by atoms with Crippen LogP contribution in [0.2, 0.25) is 0 Å². The van der Waals surface area contributed by atoms with Crippen molar-refractivity contribution in [3.05, 3.63) is 0 Å². The van der Waals surface area contributed by atoms with Crippen LogP contribution in [0.5, 0.6) is 0 Å². The van der Waals surface area contributed by atoms with E-state index in [-0.39, 0.29) is 0 Å². The summed E-state index contributed by atoms with van der Waals surface area (Å²) in [6.45, 7) is 6.85. The van der Waals surface area contributed by atoms with Gasteiger partial charge >= 0.3 is 0 Å². The highest BCUT2D eigenvalue weighted by Crippen LogP contribution is 2.14. The first-order valence-electron chi connectivity index (χ1n) is 8.80. The molecular weight excluding hydrogens is 228 g/mol. The Labute approximate surface area is 122 Å². The summed E-state index contributed by atoms with van der Waals surface area (Å²) in [5, 5.41) is 0. The van der Waals surface area contributed by atoms with E-state index < -0.39 is 0 Å². The summed E-state index contributed by atoms with van der Waals surface area (Å²) in [4.78, 5) is 0.